The summed E-state index contributed by atoms with van der Waals surface area (Å²) in [6.07, 6.45) is 7.96. The number of carboxylic acid groups (broad SMARTS) is 1. The van der Waals surface area contributed by atoms with Crippen LogP contribution < -0.4 is 4.72 Å². The number of rotatable bonds is 15. The number of hydrogen-bond donors (Lipinski definition) is 2. The van der Waals surface area contributed by atoms with Crippen molar-refractivity contribution in [1.82, 2.24) is 4.31 Å². The molecule has 2 N–H and O–H groups in total. The van der Waals surface area contributed by atoms with Gasteiger partial charge in [0.2, 0.25) is 0 Å². The molecule has 1 aromatic carbocycles. The van der Waals surface area contributed by atoms with Gasteiger partial charge < -0.3 is 9.59 Å². The highest BCUT2D eigenvalue weighted by Crippen LogP contribution is 2.18. The molecule has 172 valence electrons. The summed E-state index contributed by atoms with van der Waals surface area (Å²) in [5.41, 5.74) is 1.60. The van der Waals surface area contributed by atoms with Crippen LogP contribution >= 0.6 is 0 Å². The van der Waals surface area contributed by atoms with Gasteiger partial charge in [-0.3, -0.25) is 9.52 Å². The first kappa shape index (κ1) is 26.4. The Hall–Kier alpha value is -1.64. The van der Waals surface area contributed by atoms with Gasteiger partial charge in [-0.25, -0.2) is 0 Å². The molecule has 0 saturated heterocycles. The molecule has 1 rings (SSSR count). The van der Waals surface area contributed by atoms with E-state index in [0.717, 1.165) is 22.7 Å². The van der Waals surface area contributed by atoms with E-state index in [1.165, 1.54) is 39.2 Å². The third-order valence-corrected chi connectivity index (χ3v) is 6.60. The summed E-state index contributed by atoms with van der Waals surface area (Å²) in [6, 6.07) is 6.81. The first-order valence-corrected chi connectivity index (χ1v) is 12.3. The molecule has 0 unspecified atom stereocenters. The third-order valence-electron chi connectivity index (χ3n) is 5.05. The molecule has 0 amide bonds. The lowest BCUT2D eigenvalue weighted by atomic mass is 10.0. The fraction of sp³-hybridized carbons (Fsp3) is 0.682. The summed E-state index contributed by atoms with van der Waals surface area (Å²) in [5, 5.41) is 9.22. The van der Waals surface area contributed by atoms with Crippen LogP contribution in [-0.2, 0) is 21.4 Å². The molecule has 0 heterocycles. The zero-order valence-corrected chi connectivity index (χ0v) is 20.0. The van der Waals surface area contributed by atoms with Gasteiger partial charge in [0.15, 0.2) is 0 Å². The summed E-state index contributed by atoms with van der Waals surface area (Å²) >= 11 is 0. The van der Waals surface area contributed by atoms with Gasteiger partial charge in [-0.15, -0.1) is 0 Å². The molecule has 1 atom stereocenters. The number of likely N-dealkylation sites (N-methyl/N-ethyl adjacent to an activating group) is 2. The zero-order chi connectivity index (χ0) is 22.8. The Morgan fingerprint density at radius 3 is 2.37 bits per heavy atom. The quantitative estimate of drug-likeness (QED) is 0.320. The number of carboxylic acids is 1. The summed E-state index contributed by atoms with van der Waals surface area (Å²) in [7, 11) is 3.30. The predicted octanol–water partition coefficient (Wildman–Crippen LogP) is 3.73. The van der Waals surface area contributed by atoms with Gasteiger partial charge in [-0.1, -0.05) is 51.2 Å². The van der Waals surface area contributed by atoms with E-state index in [-0.39, 0.29) is 6.42 Å². The van der Waals surface area contributed by atoms with Crippen molar-refractivity contribution in [2.45, 2.75) is 64.3 Å². The predicted molar refractivity (Wildman–Crippen MR) is 123 cm³/mol. The topological polar surface area (TPSA) is 86.7 Å². The molecule has 30 heavy (non-hydrogen) atoms. The van der Waals surface area contributed by atoms with Crippen LogP contribution in [0.3, 0.4) is 0 Å². The minimum Gasteiger partial charge on any atom is -0.481 e. The van der Waals surface area contributed by atoms with E-state index < -0.39 is 22.2 Å². The molecule has 0 radical (unpaired) electrons. The van der Waals surface area contributed by atoms with Crippen molar-refractivity contribution in [3.63, 3.8) is 0 Å². The van der Waals surface area contributed by atoms with Crippen molar-refractivity contribution in [2.75, 3.05) is 39.5 Å². The van der Waals surface area contributed by atoms with Crippen LogP contribution in [0, 0.1) is 0 Å². The van der Waals surface area contributed by atoms with Gasteiger partial charge in [-0.2, -0.15) is 12.7 Å². The fourth-order valence-electron chi connectivity index (χ4n) is 3.46. The zero-order valence-electron chi connectivity index (χ0n) is 19.2. The number of benzene rings is 1. The van der Waals surface area contributed by atoms with Crippen LogP contribution in [0.5, 0.6) is 0 Å². The molecular formula is C22H40N3O4S+. The van der Waals surface area contributed by atoms with E-state index in [1.807, 2.05) is 39.3 Å². The molecule has 0 aliphatic heterocycles. The highest BCUT2D eigenvalue weighted by molar-refractivity contribution is 7.90. The number of nitrogens with zero attached hydrogens (tertiary/aromatic N) is 2. The lowest BCUT2D eigenvalue weighted by molar-refractivity contribution is -0.872. The second-order valence-electron chi connectivity index (χ2n) is 9.07. The molecule has 0 spiro atoms. The van der Waals surface area contributed by atoms with Crippen molar-refractivity contribution in [3.8, 4) is 0 Å². The minimum atomic E-state index is -3.87. The van der Waals surface area contributed by atoms with Gasteiger partial charge in [0.25, 0.3) is 0 Å². The van der Waals surface area contributed by atoms with E-state index >= 15 is 0 Å². The number of aliphatic carboxylic acids is 1. The highest BCUT2D eigenvalue weighted by Gasteiger charge is 2.32. The molecule has 7 nitrogen and oxygen atoms in total. The van der Waals surface area contributed by atoms with Gasteiger partial charge >= 0.3 is 16.2 Å². The van der Waals surface area contributed by atoms with E-state index in [0.29, 0.717) is 16.7 Å². The largest absolute Gasteiger partial charge is 0.481 e. The number of carbonyl (C=O) groups is 1. The molecule has 0 aromatic heterocycles. The standard InChI is InChI=1S/C22H39N3O4S/c1-6-7-8-9-10-11-13-19-14-12-15-20(16-19)23-30(28,29)24(2)21(17-22(26)27)18-25(3,4)5/h12,14-16,21,23H,6-11,13,17-18H2,1-5H3/p+1/t21-/m0/s1. The van der Waals surface area contributed by atoms with Crippen molar-refractivity contribution >= 4 is 21.9 Å². The van der Waals surface area contributed by atoms with Crippen LogP contribution in [-0.4, -0.2) is 69.1 Å². The second-order valence-corrected chi connectivity index (χ2v) is 10.8. The average Bonchev–Trinajstić information content (AvgIpc) is 2.62. The number of hydrogen-bond acceptors (Lipinski definition) is 3. The Morgan fingerprint density at radius 1 is 1.13 bits per heavy atom. The molecule has 0 saturated carbocycles. The van der Waals surface area contributed by atoms with E-state index in [4.69, 9.17) is 0 Å². The second kappa shape index (κ2) is 12.3. The lowest BCUT2D eigenvalue weighted by Crippen LogP contribution is -2.51. The summed E-state index contributed by atoms with van der Waals surface area (Å²) in [6.45, 7) is 2.60. The smallest absolute Gasteiger partial charge is 0.305 e. The van der Waals surface area contributed by atoms with Gasteiger partial charge in [0.1, 0.15) is 0 Å². The molecule has 1 aromatic rings. The van der Waals surface area contributed by atoms with Gasteiger partial charge in [0.05, 0.1) is 45.8 Å². The molecular weight excluding hydrogens is 402 g/mol. The van der Waals surface area contributed by atoms with Crippen LogP contribution in [0.2, 0.25) is 0 Å². The van der Waals surface area contributed by atoms with Crippen molar-refractivity contribution in [2.24, 2.45) is 0 Å². The number of unbranched alkanes of at least 4 members (excludes halogenated alkanes) is 5. The molecule has 0 aliphatic carbocycles. The van der Waals surface area contributed by atoms with Crippen LogP contribution in [0.4, 0.5) is 5.69 Å². The Morgan fingerprint density at radius 2 is 1.77 bits per heavy atom. The fourth-order valence-corrected chi connectivity index (χ4v) is 4.56. The molecule has 0 aliphatic rings. The van der Waals surface area contributed by atoms with Gasteiger partial charge in [-0.05, 0) is 30.5 Å². The number of anilines is 1. The Kier molecular flexibility index (Phi) is 10.8. The SMILES string of the molecule is CCCCCCCCc1cccc(NS(=O)(=O)N(C)[C@@H](CC(=O)O)C[N+](C)(C)C)c1. The van der Waals surface area contributed by atoms with E-state index in [9.17, 15) is 18.3 Å². The van der Waals surface area contributed by atoms with Crippen LogP contribution in [0.15, 0.2) is 24.3 Å². The average molecular weight is 443 g/mol. The van der Waals surface area contributed by atoms with Crippen molar-refractivity contribution in [3.05, 3.63) is 29.8 Å². The first-order valence-electron chi connectivity index (χ1n) is 10.8. The number of aryl methyl sites for hydroxylation is 1. The highest BCUT2D eigenvalue weighted by atomic mass is 32.2. The van der Waals surface area contributed by atoms with Crippen molar-refractivity contribution < 1.29 is 22.8 Å². The van der Waals surface area contributed by atoms with Gasteiger partial charge in [0, 0.05) is 7.05 Å². The summed E-state index contributed by atoms with van der Waals surface area (Å²) in [4.78, 5) is 11.3. The Labute approximate surface area is 182 Å². The summed E-state index contributed by atoms with van der Waals surface area (Å²) in [5.74, 6) is -1.02. The van der Waals surface area contributed by atoms with Crippen molar-refractivity contribution in [1.29, 1.82) is 0 Å². The lowest BCUT2D eigenvalue weighted by Gasteiger charge is -2.33. The maximum Gasteiger partial charge on any atom is 0.305 e. The van der Waals surface area contributed by atoms with E-state index in [1.54, 1.807) is 6.07 Å². The summed E-state index contributed by atoms with van der Waals surface area (Å²) < 4.78 is 30.0. The number of nitrogens with one attached hydrogen (secondary N) is 1. The molecule has 0 fully saturated rings. The first-order chi connectivity index (χ1) is 13.9. The Bertz CT molecular complexity index is 760. The monoisotopic (exact) mass is 442 g/mol. The minimum absolute atomic E-state index is 0.245. The van der Waals surface area contributed by atoms with Crippen LogP contribution in [0.25, 0.3) is 0 Å². The maximum atomic E-state index is 12.9. The number of quaternary nitrogens is 1. The van der Waals surface area contributed by atoms with E-state index in [2.05, 4.69) is 11.6 Å². The maximum absolute atomic E-state index is 12.9. The molecule has 0 bridgehead atoms. The normalized spacial score (nSPS) is 13.4. The Balaban J connectivity index is 2.77. The molecule has 8 heteroatoms. The van der Waals surface area contributed by atoms with Crippen LogP contribution in [0.1, 0.15) is 57.4 Å². The third kappa shape index (κ3) is 10.4.